The maximum atomic E-state index is 13.5. The first-order chi connectivity index (χ1) is 13.0. The maximum Gasteiger partial charge on any atom is 0.417 e. The molecule has 1 rings (SSSR count). The van der Waals surface area contributed by atoms with Crippen molar-refractivity contribution in [2.75, 3.05) is 39.3 Å². The van der Waals surface area contributed by atoms with Gasteiger partial charge in [0.15, 0.2) is 11.9 Å². The Morgan fingerprint density at radius 2 is 1.82 bits per heavy atom. The Morgan fingerprint density at radius 1 is 1.18 bits per heavy atom. The van der Waals surface area contributed by atoms with Gasteiger partial charge in [-0.3, -0.25) is 4.79 Å². The van der Waals surface area contributed by atoms with Crippen molar-refractivity contribution in [3.05, 3.63) is 23.3 Å². The maximum absolute atomic E-state index is 13.5. The Labute approximate surface area is 162 Å². The molecule has 0 spiro atoms. The summed E-state index contributed by atoms with van der Waals surface area (Å²) in [5.74, 6) is -1.26. The van der Waals surface area contributed by atoms with Gasteiger partial charge in [0.05, 0.1) is 23.9 Å². The van der Waals surface area contributed by atoms with Crippen LogP contribution >= 0.6 is 0 Å². The molecule has 0 bridgehead atoms. The summed E-state index contributed by atoms with van der Waals surface area (Å²) in [7, 11) is 4.25. The fraction of sp³-hybridized carbons (Fsp3) is 0.579. The van der Waals surface area contributed by atoms with Crippen molar-refractivity contribution in [1.82, 2.24) is 0 Å². The molecule has 0 saturated carbocycles. The largest absolute Gasteiger partial charge is 0.478 e. The van der Waals surface area contributed by atoms with Gasteiger partial charge in [-0.2, -0.15) is 13.2 Å². The summed E-state index contributed by atoms with van der Waals surface area (Å²) in [4.78, 5) is 24.8. The highest BCUT2D eigenvalue weighted by molar-refractivity contribution is 5.93. The molecule has 28 heavy (non-hydrogen) atoms. The molecule has 9 heteroatoms. The number of unbranched alkanes of at least 4 members (excludes halogenated alkanes) is 1. The Kier molecular flexibility index (Phi) is 8.29. The molecule has 0 atom stereocenters. The van der Waals surface area contributed by atoms with E-state index in [4.69, 9.17) is 9.47 Å². The number of anilines is 1. The predicted octanol–water partition coefficient (Wildman–Crippen LogP) is 3.71. The lowest BCUT2D eigenvalue weighted by Gasteiger charge is -2.28. The van der Waals surface area contributed by atoms with Crippen LogP contribution in [-0.2, 0) is 20.4 Å². The van der Waals surface area contributed by atoms with Crippen LogP contribution in [0.4, 0.5) is 18.9 Å². The first kappa shape index (κ1) is 23.7. The second-order valence-electron chi connectivity index (χ2n) is 6.80. The van der Waals surface area contributed by atoms with Crippen LogP contribution in [0.3, 0.4) is 0 Å². The third-order valence-corrected chi connectivity index (χ3v) is 3.97. The van der Waals surface area contributed by atoms with Crippen LogP contribution in [0.5, 0.6) is 5.75 Å². The summed E-state index contributed by atoms with van der Waals surface area (Å²) in [5, 5.41) is 0. The Hall–Kier alpha value is -2.29. The van der Waals surface area contributed by atoms with E-state index in [2.05, 4.69) is 4.74 Å². The minimum atomic E-state index is -4.80. The van der Waals surface area contributed by atoms with Crippen molar-refractivity contribution in [3.63, 3.8) is 0 Å². The molecule has 0 aromatic heterocycles. The summed E-state index contributed by atoms with van der Waals surface area (Å²) in [6, 6.07) is 1.82. The fourth-order valence-corrected chi connectivity index (χ4v) is 2.49. The number of aldehydes is 1. The molecule has 0 amide bonds. The fourth-order valence-electron chi connectivity index (χ4n) is 2.49. The summed E-state index contributed by atoms with van der Waals surface area (Å²) in [5.41, 5.74) is -2.90. The van der Waals surface area contributed by atoms with Crippen LogP contribution in [-0.4, -0.2) is 52.3 Å². The summed E-state index contributed by atoms with van der Waals surface area (Å²) >= 11 is 0. The zero-order valence-electron chi connectivity index (χ0n) is 16.7. The van der Waals surface area contributed by atoms with E-state index in [1.807, 2.05) is 0 Å². The molecule has 0 radical (unpaired) electrons. The molecule has 1 aromatic rings. The molecule has 0 saturated heterocycles. The van der Waals surface area contributed by atoms with Gasteiger partial charge in [0.2, 0.25) is 0 Å². The van der Waals surface area contributed by atoms with Gasteiger partial charge in [-0.1, -0.05) is 0 Å². The van der Waals surface area contributed by atoms with Crippen molar-refractivity contribution in [3.8, 4) is 5.75 Å². The average molecular weight is 405 g/mol. The number of hydrogen-bond donors (Lipinski definition) is 0. The molecular formula is C19H26F3NO5. The standard InChI is InChI=1S/C19H26F3NO5/c1-18(2,12-24)28-16-11-14(19(20,21)22)13(17(25)27-5)10-15(16)23(3)8-6-7-9-26-4/h10-12H,6-9H2,1-5H3. The van der Waals surface area contributed by atoms with Gasteiger partial charge < -0.3 is 19.1 Å². The van der Waals surface area contributed by atoms with E-state index in [1.165, 1.54) is 13.8 Å². The van der Waals surface area contributed by atoms with E-state index in [0.29, 0.717) is 25.9 Å². The lowest BCUT2D eigenvalue weighted by molar-refractivity contribution is -0.138. The summed E-state index contributed by atoms with van der Waals surface area (Å²) < 4.78 is 55.5. The van der Waals surface area contributed by atoms with Gasteiger partial charge in [-0.15, -0.1) is 0 Å². The molecular weight excluding hydrogens is 379 g/mol. The lowest BCUT2D eigenvalue weighted by Crippen LogP contribution is -2.31. The average Bonchev–Trinajstić information content (AvgIpc) is 2.63. The summed E-state index contributed by atoms with van der Waals surface area (Å²) in [6.07, 6.45) is -2.85. The van der Waals surface area contributed by atoms with E-state index in [-0.39, 0.29) is 11.4 Å². The van der Waals surface area contributed by atoms with E-state index in [1.54, 1.807) is 19.1 Å². The number of halogens is 3. The molecule has 0 N–H and O–H groups in total. The third-order valence-electron chi connectivity index (χ3n) is 3.97. The number of carbonyl (C=O) groups is 2. The van der Waals surface area contributed by atoms with Crippen molar-refractivity contribution in [1.29, 1.82) is 0 Å². The molecule has 0 aliphatic heterocycles. The van der Waals surface area contributed by atoms with Gasteiger partial charge in [-0.05, 0) is 38.8 Å². The number of rotatable bonds is 10. The number of alkyl halides is 3. The highest BCUT2D eigenvalue weighted by atomic mass is 19.4. The number of hydrogen-bond acceptors (Lipinski definition) is 6. The number of esters is 1. The smallest absolute Gasteiger partial charge is 0.417 e. The molecule has 0 heterocycles. The van der Waals surface area contributed by atoms with Crippen molar-refractivity contribution in [2.24, 2.45) is 0 Å². The van der Waals surface area contributed by atoms with Crippen molar-refractivity contribution < 1.29 is 37.0 Å². The van der Waals surface area contributed by atoms with Crippen LogP contribution in [0.25, 0.3) is 0 Å². The van der Waals surface area contributed by atoms with E-state index < -0.39 is 28.9 Å². The zero-order valence-corrected chi connectivity index (χ0v) is 16.7. The lowest BCUT2D eigenvalue weighted by atomic mass is 10.0. The SMILES string of the molecule is COCCCCN(C)c1cc(C(=O)OC)c(C(F)(F)F)cc1OC(C)(C)C=O. The number of carbonyl (C=O) groups excluding carboxylic acids is 2. The Balaban J connectivity index is 3.46. The Morgan fingerprint density at radius 3 is 2.32 bits per heavy atom. The minimum absolute atomic E-state index is 0.147. The van der Waals surface area contributed by atoms with E-state index in [9.17, 15) is 22.8 Å². The first-order valence-electron chi connectivity index (χ1n) is 8.65. The van der Waals surface area contributed by atoms with Gasteiger partial charge >= 0.3 is 12.1 Å². The predicted molar refractivity (Wildman–Crippen MR) is 97.9 cm³/mol. The van der Waals surface area contributed by atoms with Crippen LogP contribution < -0.4 is 9.64 Å². The highest BCUT2D eigenvalue weighted by Gasteiger charge is 2.38. The first-order valence-corrected chi connectivity index (χ1v) is 8.65. The van der Waals surface area contributed by atoms with Crippen molar-refractivity contribution >= 4 is 17.9 Å². The molecule has 1 aromatic carbocycles. The second-order valence-corrected chi connectivity index (χ2v) is 6.80. The van der Waals surface area contributed by atoms with Gasteiger partial charge in [-0.25, -0.2) is 4.79 Å². The minimum Gasteiger partial charge on any atom is -0.478 e. The van der Waals surface area contributed by atoms with E-state index in [0.717, 1.165) is 25.7 Å². The monoisotopic (exact) mass is 405 g/mol. The van der Waals surface area contributed by atoms with Crippen molar-refractivity contribution in [2.45, 2.75) is 38.5 Å². The van der Waals surface area contributed by atoms with Crippen LogP contribution in [0.15, 0.2) is 12.1 Å². The van der Waals surface area contributed by atoms with Crippen LogP contribution in [0.2, 0.25) is 0 Å². The van der Waals surface area contributed by atoms with E-state index >= 15 is 0 Å². The number of benzene rings is 1. The number of ether oxygens (including phenoxy) is 3. The van der Waals surface area contributed by atoms with Gasteiger partial charge in [0.25, 0.3) is 0 Å². The molecule has 0 unspecified atom stereocenters. The molecule has 6 nitrogen and oxygen atoms in total. The number of methoxy groups -OCH3 is 2. The topological polar surface area (TPSA) is 65.1 Å². The molecule has 0 aliphatic carbocycles. The summed E-state index contributed by atoms with van der Waals surface area (Å²) in [6.45, 7) is 3.90. The second kappa shape index (κ2) is 9.77. The van der Waals surface area contributed by atoms with Gasteiger partial charge in [0, 0.05) is 27.3 Å². The van der Waals surface area contributed by atoms with Crippen LogP contribution in [0, 0.1) is 0 Å². The number of nitrogens with zero attached hydrogens (tertiary/aromatic N) is 1. The normalized spacial score (nSPS) is 11.9. The molecule has 0 fully saturated rings. The van der Waals surface area contributed by atoms with Gasteiger partial charge in [0.1, 0.15) is 5.75 Å². The Bertz CT molecular complexity index is 689. The van der Waals surface area contributed by atoms with Crippen LogP contribution in [0.1, 0.15) is 42.6 Å². The molecule has 0 aliphatic rings. The highest BCUT2D eigenvalue weighted by Crippen LogP contribution is 2.40. The molecule has 158 valence electrons. The zero-order chi connectivity index (χ0) is 21.5. The third kappa shape index (κ3) is 6.40. The quantitative estimate of drug-likeness (QED) is 0.336.